The van der Waals surface area contributed by atoms with Crippen molar-refractivity contribution < 1.29 is 4.39 Å². The molecule has 0 spiro atoms. The average molecular weight is 383 g/mol. The Kier molecular flexibility index (Phi) is 4.53. The zero-order valence-corrected chi connectivity index (χ0v) is 16.1. The minimum absolute atomic E-state index is 0.171. The SMILES string of the molecule is Fc1ccc(CN2CCN(c3ncnc4sc5c(c34)CCCC5)CC2)cc1. The Morgan fingerprint density at radius 2 is 1.74 bits per heavy atom. The second-order valence-corrected chi connectivity index (χ2v) is 8.56. The monoisotopic (exact) mass is 382 g/mol. The van der Waals surface area contributed by atoms with E-state index in [1.54, 1.807) is 18.5 Å². The highest BCUT2D eigenvalue weighted by atomic mass is 32.1. The van der Waals surface area contributed by atoms with Crippen molar-refractivity contribution >= 4 is 27.4 Å². The third-order valence-electron chi connectivity index (χ3n) is 5.72. The number of aryl methyl sites for hydroxylation is 2. The largest absolute Gasteiger partial charge is 0.353 e. The number of fused-ring (bicyclic) bond motifs is 3. The molecule has 140 valence electrons. The third-order valence-corrected chi connectivity index (χ3v) is 6.92. The number of piperazine rings is 1. The van der Waals surface area contributed by atoms with E-state index in [1.807, 2.05) is 23.5 Å². The van der Waals surface area contributed by atoms with E-state index in [0.717, 1.165) is 43.4 Å². The molecular weight excluding hydrogens is 359 g/mol. The van der Waals surface area contributed by atoms with Gasteiger partial charge in [-0.15, -0.1) is 11.3 Å². The lowest BCUT2D eigenvalue weighted by Gasteiger charge is -2.35. The molecule has 0 atom stereocenters. The van der Waals surface area contributed by atoms with Gasteiger partial charge in [-0.25, -0.2) is 14.4 Å². The number of nitrogens with zero attached hydrogens (tertiary/aromatic N) is 4. The first-order chi connectivity index (χ1) is 13.3. The summed E-state index contributed by atoms with van der Waals surface area (Å²) >= 11 is 1.86. The van der Waals surface area contributed by atoms with Gasteiger partial charge in [0.1, 0.15) is 22.8 Å². The van der Waals surface area contributed by atoms with Crippen molar-refractivity contribution in [2.45, 2.75) is 32.2 Å². The molecule has 1 aliphatic carbocycles. The van der Waals surface area contributed by atoms with Gasteiger partial charge in [-0.2, -0.15) is 0 Å². The van der Waals surface area contributed by atoms with Gasteiger partial charge in [-0.3, -0.25) is 4.90 Å². The van der Waals surface area contributed by atoms with Gasteiger partial charge in [-0.05, 0) is 48.9 Å². The van der Waals surface area contributed by atoms with Crippen LogP contribution < -0.4 is 4.90 Å². The molecule has 3 aromatic rings. The molecule has 0 saturated carbocycles. The number of hydrogen-bond donors (Lipinski definition) is 0. The highest BCUT2D eigenvalue weighted by Gasteiger charge is 2.24. The van der Waals surface area contributed by atoms with Crippen molar-refractivity contribution in [3.63, 3.8) is 0 Å². The van der Waals surface area contributed by atoms with Gasteiger partial charge in [0.25, 0.3) is 0 Å². The van der Waals surface area contributed by atoms with E-state index in [-0.39, 0.29) is 5.82 Å². The van der Waals surface area contributed by atoms with Crippen molar-refractivity contribution in [1.82, 2.24) is 14.9 Å². The summed E-state index contributed by atoms with van der Waals surface area (Å²) in [5.74, 6) is 0.955. The summed E-state index contributed by atoms with van der Waals surface area (Å²) in [5.41, 5.74) is 2.67. The summed E-state index contributed by atoms with van der Waals surface area (Å²) in [4.78, 5) is 16.8. The Balaban J connectivity index is 1.33. The summed E-state index contributed by atoms with van der Waals surface area (Å²) in [5, 5.41) is 1.31. The first-order valence-electron chi connectivity index (χ1n) is 9.75. The number of aromatic nitrogens is 2. The number of rotatable bonds is 3. The molecule has 0 amide bonds. The molecule has 1 aliphatic heterocycles. The molecule has 3 heterocycles. The zero-order valence-electron chi connectivity index (χ0n) is 15.3. The third kappa shape index (κ3) is 3.32. The topological polar surface area (TPSA) is 32.3 Å². The first-order valence-corrected chi connectivity index (χ1v) is 10.6. The molecular formula is C21H23FN4S. The quantitative estimate of drug-likeness (QED) is 0.685. The van der Waals surface area contributed by atoms with Crippen LogP contribution in [0.25, 0.3) is 10.2 Å². The molecule has 1 aromatic carbocycles. The molecule has 2 aromatic heterocycles. The van der Waals surface area contributed by atoms with Crippen LogP contribution in [0.5, 0.6) is 0 Å². The highest BCUT2D eigenvalue weighted by molar-refractivity contribution is 7.19. The molecule has 0 bridgehead atoms. The van der Waals surface area contributed by atoms with Crippen LogP contribution in [-0.4, -0.2) is 41.0 Å². The maximum Gasteiger partial charge on any atom is 0.141 e. The number of benzene rings is 1. The lowest BCUT2D eigenvalue weighted by atomic mass is 9.97. The predicted octanol–water partition coefficient (Wildman–Crippen LogP) is 4.03. The second kappa shape index (κ2) is 7.17. The molecule has 2 aliphatic rings. The Labute approximate surface area is 162 Å². The van der Waals surface area contributed by atoms with Crippen molar-refractivity contribution in [1.29, 1.82) is 0 Å². The molecule has 6 heteroatoms. The number of hydrogen-bond acceptors (Lipinski definition) is 5. The zero-order chi connectivity index (χ0) is 18.2. The fourth-order valence-electron chi connectivity index (χ4n) is 4.28. The average Bonchev–Trinajstić information content (AvgIpc) is 3.09. The van der Waals surface area contributed by atoms with Crippen LogP contribution in [0, 0.1) is 5.82 Å². The van der Waals surface area contributed by atoms with E-state index >= 15 is 0 Å². The molecule has 0 unspecified atom stereocenters. The van der Waals surface area contributed by atoms with E-state index in [2.05, 4.69) is 14.8 Å². The standard InChI is InChI=1S/C21H23FN4S/c22-16-7-5-15(6-8-16)13-25-9-11-26(12-10-25)20-19-17-3-1-2-4-18(17)27-21(19)24-14-23-20/h5-8,14H,1-4,9-13H2. The fourth-order valence-corrected chi connectivity index (χ4v) is 5.50. The van der Waals surface area contributed by atoms with E-state index in [0.29, 0.717) is 0 Å². The van der Waals surface area contributed by atoms with Crippen molar-refractivity contribution in [3.05, 3.63) is 52.4 Å². The van der Waals surface area contributed by atoms with E-state index in [1.165, 1.54) is 47.1 Å². The summed E-state index contributed by atoms with van der Waals surface area (Å²) in [6, 6.07) is 6.85. The van der Waals surface area contributed by atoms with Gasteiger partial charge in [0.05, 0.1) is 5.39 Å². The van der Waals surface area contributed by atoms with Crippen LogP contribution in [0.2, 0.25) is 0 Å². The first kappa shape index (κ1) is 17.1. The smallest absolute Gasteiger partial charge is 0.141 e. The Bertz CT molecular complexity index is 945. The highest BCUT2D eigenvalue weighted by Crippen LogP contribution is 2.39. The van der Waals surface area contributed by atoms with Crippen LogP contribution in [0.15, 0.2) is 30.6 Å². The predicted molar refractivity (Wildman–Crippen MR) is 108 cm³/mol. The van der Waals surface area contributed by atoms with Gasteiger partial charge < -0.3 is 4.90 Å². The van der Waals surface area contributed by atoms with Crippen LogP contribution in [0.3, 0.4) is 0 Å². The van der Waals surface area contributed by atoms with Crippen molar-refractivity contribution in [3.8, 4) is 0 Å². The van der Waals surface area contributed by atoms with Crippen LogP contribution in [0.1, 0.15) is 28.8 Å². The molecule has 4 nitrogen and oxygen atoms in total. The Morgan fingerprint density at radius 1 is 0.963 bits per heavy atom. The summed E-state index contributed by atoms with van der Waals surface area (Å²) < 4.78 is 13.1. The van der Waals surface area contributed by atoms with E-state index in [4.69, 9.17) is 4.98 Å². The van der Waals surface area contributed by atoms with Gasteiger partial charge in [0, 0.05) is 37.6 Å². The minimum atomic E-state index is -0.171. The summed E-state index contributed by atoms with van der Waals surface area (Å²) in [7, 11) is 0. The maximum absolute atomic E-state index is 13.1. The van der Waals surface area contributed by atoms with Crippen molar-refractivity contribution in [2.75, 3.05) is 31.1 Å². The van der Waals surface area contributed by atoms with Gasteiger partial charge in [0.2, 0.25) is 0 Å². The Hall–Kier alpha value is -2.05. The number of anilines is 1. The van der Waals surface area contributed by atoms with Crippen LogP contribution >= 0.6 is 11.3 Å². The van der Waals surface area contributed by atoms with Gasteiger partial charge in [0.15, 0.2) is 0 Å². The van der Waals surface area contributed by atoms with Gasteiger partial charge >= 0.3 is 0 Å². The second-order valence-electron chi connectivity index (χ2n) is 7.48. The van der Waals surface area contributed by atoms with Crippen LogP contribution in [0.4, 0.5) is 10.2 Å². The lowest BCUT2D eigenvalue weighted by molar-refractivity contribution is 0.249. The molecule has 1 saturated heterocycles. The molecule has 0 N–H and O–H groups in total. The molecule has 5 rings (SSSR count). The molecule has 1 fully saturated rings. The van der Waals surface area contributed by atoms with Gasteiger partial charge in [-0.1, -0.05) is 12.1 Å². The Morgan fingerprint density at radius 3 is 2.56 bits per heavy atom. The fraction of sp³-hybridized carbons (Fsp3) is 0.429. The molecule has 0 radical (unpaired) electrons. The lowest BCUT2D eigenvalue weighted by Crippen LogP contribution is -2.46. The van der Waals surface area contributed by atoms with E-state index in [9.17, 15) is 4.39 Å². The van der Waals surface area contributed by atoms with Crippen molar-refractivity contribution in [2.24, 2.45) is 0 Å². The van der Waals surface area contributed by atoms with Crippen LogP contribution in [-0.2, 0) is 19.4 Å². The summed E-state index contributed by atoms with van der Waals surface area (Å²) in [6.07, 6.45) is 6.66. The number of halogens is 1. The molecule has 27 heavy (non-hydrogen) atoms. The maximum atomic E-state index is 13.1. The van der Waals surface area contributed by atoms with E-state index < -0.39 is 0 Å². The summed E-state index contributed by atoms with van der Waals surface area (Å²) in [6.45, 7) is 4.81. The number of thiophene rings is 1. The normalized spacial score (nSPS) is 18.0. The minimum Gasteiger partial charge on any atom is -0.353 e.